The summed E-state index contributed by atoms with van der Waals surface area (Å²) in [5, 5.41) is 1.17. The molecule has 1 aromatic heterocycles. The van der Waals surface area contributed by atoms with E-state index in [-0.39, 0.29) is 23.8 Å². The van der Waals surface area contributed by atoms with E-state index in [1.54, 1.807) is 4.90 Å². The second-order valence-corrected chi connectivity index (χ2v) is 15.6. The molecule has 0 unspecified atom stereocenters. The van der Waals surface area contributed by atoms with Crippen molar-refractivity contribution in [2.24, 2.45) is 17.8 Å². The van der Waals surface area contributed by atoms with E-state index in [0.717, 1.165) is 34.1 Å². The SMILES string of the molecule is CC(C)C[C@H]1C(=O)N2CCC[C@H]2[C@@]2(OBr)O[C@@](C(C)C)(N(Br)C(=O)[C@@H]3C=C4c5cccc6[nH]c(Br)c(c56)C[C@H]4N(C)C3)C(=O)N12. The fourth-order valence-electron chi connectivity index (χ4n) is 8.36. The number of halogens is 3. The summed E-state index contributed by atoms with van der Waals surface area (Å²) in [5.74, 6) is -3.32. The minimum Gasteiger partial charge on any atom is -0.349 e. The number of nitrogens with zero attached hydrogens (tertiary/aromatic N) is 4. The molecule has 5 heterocycles. The standard InChI is InChI=1S/C32H38Br3N5O5/c1-16(2)12-24-29(42)38-11-7-10-25(38)32(45-35)39(24)30(43)31(44-32,17(3)4)40(34)28(41)18-13-20-19-8-6-9-22-26(19)21(27(33)36-22)14-23(20)37(5)15-18/h6,8-9,13,16-18,23-25,36H,7,10-12,14-15H2,1-5H3/t18-,23-,24+,25+,31-,32+/m1/s1. The van der Waals surface area contributed by atoms with Crippen LogP contribution in [0.15, 0.2) is 28.9 Å². The van der Waals surface area contributed by atoms with Gasteiger partial charge < -0.3 is 9.88 Å². The Morgan fingerprint density at radius 2 is 2.00 bits per heavy atom. The Morgan fingerprint density at radius 1 is 1.24 bits per heavy atom. The second-order valence-electron chi connectivity index (χ2n) is 13.8. The lowest BCUT2D eigenvalue weighted by Crippen LogP contribution is -2.71. The number of likely N-dealkylation sites (N-methyl/N-ethyl adjacent to an activating group) is 1. The minimum absolute atomic E-state index is 0.0951. The predicted molar refractivity (Wildman–Crippen MR) is 180 cm³/mol. The first-order valence-corrected chi connectivity index (χ1v) is 17.9. The van der Waals surface area contributed by atoms with Crippen LogP contribution in [-0.2, 0) is 29.4 Å². The van der Waals surface area contributed by atoms with Crippen LogP contribution in [-0.4, -0.2) is 91.2 Å². The van der Waals surface area contributed by atoms with Gasteiger partial charge >= 0.3 is 0 Å². The Balaban J connectivity index is 1.29. The van der Waals surface area contributed by atoms with E-state index in [1.165, 1.54) is 19.8 Å². The summed E-state index contributed by atoms with van der Waals surface area (Å²) in [6, 6.07) is 5.05. The van der Waals surface area contributed by atoms with Gasteiger partial charge in [0, 0.05) is 36.0 Å². The van der Waals surface area contributed by atoms with Crippen molar-refractivity contribution in [2.45, 2.75) is 83.1 Å². The summed E-state index contributed by atoms with van der Waals surface area (Å²) in [5.41, 5.74) is 2.76. The van der Waals surface area contributed by atoms with E-state index in [0.29, 0.717) is 25.9 Å². The van der Waals surface area contributed by atoms with E-state index in [2.05, 4.69) is 76.4 Å². The third kappa shape index (κ3) is 4.36. The van der Waals surface area contributed by atoms with Gasteiger partial charge in [-0.25, -0.2) is 3.93 Å². The van der Waals surface area contributed by atoms with E-state index >= 15 is 0 Å². The van der Waals surface area contributed by atoms with Gasteiger partial charge in [-0.3, -0.25) is 32.7 Å². The highest BCUT2D eigenvalue weighted by Gasteiger charge is 2.75. The molecule has 3 saturated heterocycles. The number of aromatic amines is 1. The van der Waals surface area contributed by atoms with Crippen molar-refractivity contribution in [1.29, 1.82) is 0 Å². The third-order valence-electron chi connectivity index (χ3n) is 10.4. The molecule has 6 atom stereocenters. The van der Waals surface area contributed by atoms with Crippen molar-refractivity contribution >= 4 is 82.5 Å². The molecule has 2 aromatic rings. The Labute approximate surface area is 288 Å². The summed E-state index contributed by atoms with van der Waals surface area (Å²) in [6.45, 7) is 8.82. The molecule has 3 fully saturated rings. The van der Waals surface area contributed by atoms with Crippen molar-refractivity contribution in [1.82, 2.24) is 23.6 Å². The molecule has 0 radical (unpaired) electrons. The molecule has 5 aliphatic rings. The van der Waals surface area contributed by atoms with E-state index in [9.17, 15) is 14.4 Å². The Morgan fingerprint density at radius 3 is 2.69 bits per heavy atom. The Hall–Kier alpha value is -1.77. The fourth-order valence-corrected chi connectivity index (χ4v) is 10.3. The van der Waals surface area contributed by atoms with Crippen LogP contribution in [0.3, 0.4) is 0 Å². The van der Waals surface area contributed by atoms with Crippen LogP contribution < -0.4 is 0 Å². The van der Waals surface area contributed by atoms with Crippen LogP contribution in [0.1, 0.15) is 58.1 Å². The van der Waals surface area contributed by atoms with Gasteiger partial charge in [-0.1, -0.05) is 45.9 Å². The molecule has 242 valence electrons. The van der Waals surface area contributed by atoms with Crippen LogP contribution >= 0.6 is 48.3 Å². The molecule has 0 saturated carbocycles. The fraction of sp³-hybridized carbons (Fsp3) is 0.594. The maximum Gasteiger partial charge on any atom is 0.289 e. The number of piperazine rings is 1. The molecule has 0 spiro atoms. The van der Waals surface area contributed by atoms with Crippen molar-refractivity contribution in [3.05, 3.63) is 40.0 Å². The first kappa shape index (κ1) is 31.8. The molecule has 45 heavy (non-hydrogen) atoms. The van der Waals surface area contributed by atoms with Gasteiger partial charge in [0.2, 0.25) is 17.5 Å². The van der Waals surface area contributed by atoms with Crippen molar-refractivity contribution in [2.75, 3.05) is 20.1 Å². The number of ether oxygens (including phenoxy) is 1. The highest BCUT2D eigenvalue weighted by atomic mass is 79.9. The molecule has 7 rings (SSSR count). The third-order valence-corrected chi connectivity index (χ3v) is 12.5. The van der Waals surface area contributed by atoms with Gasteiger partial charge in [0.25, 0.3) is 11.8 Å². The van der Waals surface area contributed by atoms with Gasteiger partial charge in [0.15, 0.2) is 0 Å². The molecule has 1 aliphatic carbocycles. The first-order chi connectivity index (χ1) is 21.4. The normalized spacial score (nSPS) is 32.8. The van der Waals surface area contributed by atoms with Crippen LogP contribution in [0.5, 0.6) is 0 Å². The quantitative estimate of drug-likeness (QED) is 0.385. The van der Waals surface area contributed by atoms with Crippen LogP contribution in [0.2, 0.25) is 0 Å². The molecule has 4 aliphatic heterocycles. The van der Waals surface area contributed by atoms with Crippen molar-refractivity contribution in [3.8, 4) is 0 Å². The predicted octanol–water partition coefficient (Wildman–Crippen LogP) is 5.55. The zero-order chi connectivity index (χ0) is 32.2. The smallest absolute Gasteiger partial charge is 0.289 e. The van der Waals surface area contributed by atoms with E-state index < -0.39 is 41.5 Å². The number of benzene rings is 1. The lowest BCUT2D eigenvalue weighted by atomic mass is 9.79. The maximum absolute atomic E-state index is 14.9. The molecule has 0 bridgehead atoms. The van der Waals surface area contributed by atoms with Gasteiger partial charge in [-0.05, 0) is 77.3 Å². The molecular formula is C32H38Br3N5O5. The number of amides is 3. The number of hydrogen-bond donors (Lipinski definition) is 1. The second kappa shape index (κ2) is 11.2. The van der Waals surface area contributed by atoms with Crippen molar-refractivity contribution in [3.63, 3.8) is 0 Å². The minimum atomic E-state index is -1.75. The molecule has 1 N–H and O–H groups in total. The summed E-state index contributed by atoms with van der Waals surface area (Å²) >= 11 is 10.5. The molecule has 3 amide bonds. The number of hydrogen-bond acceptors (Lipinski definition) is 6. The van der Waals surface area contributed by atoms with E-state index in [4.69, 9.17) is 8.57 Å². The van der Waals surface area contributed by atoms with Gasteiger partial charge in [0.1, 0.15) is 28.3 Å². The number of aromatic nitrogens is 1. The van der Waals surface area contributed by atoms with Crippen LogP contribution in [0.4, 0.5) is 0 Å². The number of H-pyrrole nitrogens is 1. The largest absolute Gasteiger partial charge is 0.349 e. The summed E-state index contributed by atoms with van der Waals surface area (Å²) in [7, 11) is 2.04. The molecule has 1 aromatic carbocycles. The zero-order valence-electron chi connectivity index (χ0n) is 26.0. The molecule has 13 heteroatoms. The summed E-state index contributed by atoms with van der Waals surface area (Å²) in [4.78, 5) is 52.3. The lowest BCUT2D eigenvalue weighted by molar-refractivity contribution is -0.306. The monoisotopic (exact) mass is 809 g/mol. The van der Waals surface area contributed by atoms with Crippen LogP contribution in [0.25, 0.3) is 16.5 Å². The lowest BCUT2D eigenvalue weighted by Gasteiger charge is -2.50. The Kier molecular flexibility index (Phi) is 7.88. The number of carbonyl (C=O) groups is 3. The van der Waals surface area contributed by atoms with Gasteiger partial charge in [-0.2, -0.15) is 0 Å². The Bertz CT molecular complexity index is 1630. The van der Waals surface area contributed by atoms with Crippen molar-refractivity contribution < 1.29 is 22.9 Å². The van der Waals surface area contributed by atoms with Crippen LogP contribution in [0, 0.1) is 17.8 Å². The number of rotatable bonds is 6. The first-order valence-electron chi connectivity index (χ1n) is 15.7. The zero-order valence-corrected chi connectivity index (χ0v) is 30.7. The molecule has 10 nitrogen and oxygen atoms in total. The molecular weight excluding hydrogens is 774 g/mol. The highest BCUT2D eigenvalue weighted by molar-refractivity contribution is 9.10. The highest BCUT2D eigenvalue weighted by Crippen LogP contribution is 2.54. The number of nitrogens with one attached hydrogen (secondary N) is 1. The average Bonchev–Trinajstić information content (AvgIpc) is 3.70. The summed E-state index contributed by atoms with van der Waals surface area (Å²) in [6.07, 6.45) is 4.73. The maximum atomic E-state index is 14.9. The number of fused-ring (bicyclic) bond motifs is 5. The average molecular weight is 812 g/mol. The van der Waals surface area contributed by atoms with Gasteiger partial charge in [0.05, 0.1) is 26.7 Å². The van der Waals surface area contributed by atoms with E-state index in [1.807, 2.05) is 40.8 Å². The van der Waals surface area contributed by atoms with Gasteiger partial charge in [-0.15, -0.1) is 0 Å². The topological polar surface area (TPSA) is 98.4 Å². The number of carbonyl (C=O) groups excluding carboxylic acids is 3. The summed E-state index contributed by atoms with van der Waals surface area (Å²) < 4.78 is 15.2.